The number of amides is 1. The van der Waals surface area contributed by atoms with Gasteiger partial charge in [0, 0.05) is 6.54 Å². The number of likely N-dealkylation sites (N-methyl/N-ethyl adjacent to an activating group) is 1. The standard InChI is InChI=1S/C12H16N2O3/c1-13-6-9(15)7-14-10-4-2-3-5-11(10)17-8-12(14)16/h2-5,9,13,15H,6-8H2,1H3. The number of hydrogen-bond acceptors (Lipinski definition) is 4. The van der Waals surface area contributed by atoms with Crippen molar-refractivity contribution < 1.29 is 14.6 Å². The van der Waals surface area contributed by atoms with Crippen molar-refractivity contribution in [3.05, 3.63) is 24.3 Å². The molecule has 0 radical (unpaired) electrons. The SMILES string of the molecule is CNCC(O)CN1C(=O)COc2ccccc21. The maximum Gasteiger partial charge on any atom is 0.265 e. The van der Waals surface area contributed by atoms with Crippen LogP contribution in [0.25, 0.3) is 0 Å². The molecule has 1 heterocycles. The molecule has 0 fully saturated rings. The minimum absolute atomic E-state index is 0.0310. The molecule has 1 aliphatic rings. The topological polar surface area (TPSA) is 61.8 Å². The first kappa shape index (κ1) is 11.9. The Morgan fingerprint density at radius 2 is 2.29 bits per heavy atom. The van der Waals surface area contributed by atoms with E-state index in [1.54, 1.807) is 11.9 Å². The lowest BCUT2D eigenvalue weighted by Crippen LogP contribution is -2.45. The van der Waals surface area contributed by atoms with Crippen LogP contribution in [0, 0.1) is 0 Å². The number of carbonyl (C=O) groups excluding carboxylic acids is 1. The first-order valence-corrected chi connectivity index (χ1v) is 5.57. The average molecular weight is 236 g/mol. The Morgan fingerprint density at radius 1 is 1.53 bits per heavy atom. The molecule has 0 saturated carbocycles. The molecule has 2 rings (SSSR count). The lowest BCUT2D eigenvalue weighted by Gasteiger charge is -2.30. The van der Waals surface area contributed by atoms with Crippen LogP contribution in [0.1, 0.15) is 0 Å². The first-order valence-electron chi connectivity index (χ1n) is 5.57. The molecule has 1 unspecified atom stereocenters. The predicted octanol–water partition coefficient (Wildman–Crippen LogP) is -0.00770. The van der Waals surface area contributed by atoms with E-state index in [2.05, 4.69) is 5.32 Å². The van der Waals surface area contributed by atoms with Gasteiger partial charge >= 0.3 is 0 Å². The van der Waals surface area contributed by atoms with Gasteiger partial charge in [0.1, 0.15) is 5.75 Å². The van der Waals surface area contributed by atoms with Crippen LogP contribution in [-0.2, 0) is 4.79 Å². The van der Waals surface area contributed by atoms with Crippen LogP contribution in [0.15, 0.2) is 24.3 Å². The highest BCUT2D eigenvalue weighted by atomic mass is 16.5. The zero-order valence-corrected chi connectivity index (χ0v) is 9.72. The molecule has 5 nitrogen and oxygen atoms in total. The maximum atomic E-state index is 11.8. The molecule has 1 aromatic rings. The molecule has 0 aliphatic carbocycles. The predicted molar refractivity (Wildman–Crippen MR) is 64.2 cm³/mol. The van der Waals surface area contributed by atoms with Crippen LogP contribution in [0.2, 0.25) is 0 Å². The summed E-state index contributed by atoms with van der Waals surface area (Å²) in [5.41, 5.74) is 0.721. The summed E-state index contributed by atoms with van der Waals surface area (Å²) in [6, 6.07) is 7.34. The third-order valence-electron chi connectivity index (χ3n) is 2.64. The number of nitrogens with one attached hydrogen (secondary N) is 1. The minimum Gasteiger partial charge on any atom is -0.482 e. The van der Waals surface area contributed by atoms with E-state index in [0.29, 0.717) is 12.3 Å². The second kappa shape index (κ2) is 5.16. The van der Waals surface area contributed by atoms with Gasteiger partial charge in [-0.1, -0.05) is 12.1 Å². The van der Waals surface area contributed by atoms with Gasteiger partial charge in [-0.15, -0.1) is 0 Å². The smallest absolute Gasteiger partial charge is 0.265 e. The van der Waals surface area contributed by atoms with Gasteiger partial charge < -0.3 is 20.1 Å². The lowest BCUT2D eigenvalue weighted by atomic mass is 10.2. The molecule has 2 N–H and O–H groups in total. The van der Waals surface area contributed by atoms with Crippen LogP contribution >= 0.6 is 0 Å². The van der Waals surface area contributed by atoms with Crippen LogP contribution in [0.3, 0.4) is 0 Å². The van der Waals surface area contributed by atoms with E-state index < -0.39 is 6.10 Å². The highest BCUT2D eigenvalue weighted by Crippen LogP contribution is 2.31. The third-order valence-corrected chi connectivity index (χ3v) is 2.64. The highest BCUT2D eigenvalue weighted by Gasteiger charge is 2.26. The van der Waals surface area contributed by atoms with Crippen LogP contribution in [-0.4, -0.2) is 43.9 Å². The van der Waals surface area contributed by atoms with Gasteiger partial charge in [-0.2, -0.15) is 0 Å². The second-order valence-corrected chi connectivity index (χ2v) is 3.97. The number of hydrogen-bond donors (Lipinski definition) is 2. The quantitative estimate of drug-likeness (QED) is 0.772. The van der Waals surface area contributed by atoms with E-state index in [9.17, 15) is 9.90 Å². The molecule has 17 heavy (non-hydrogen) atoms. The number of anilines is 1. The zero-order valence-electron chi connectivity index (χ0n) is 9.72. The van der Waals surface area contributed by atoms with Crippen LogP contribution in [0.4, 0.5) is 5.69 Å². The summed E-state index contributed by atoms with van der Waals surface area (Å²) < 4.78 is 5.32. The normalized spacial score (nSPS) is 16.4. The summed E-state index contributed by atoms with van der Waals surface area (Å²) in [6.45, 7) is 0.760. The van der Waals surface area contributed by atoms with Crippen molar-refractivity contribution in [2.75, 3.05) is 31.6 Å². The van der Waals surface area contributed by atoms with Crippen molar-refractivity contribution in [3.63, 3.8) is 0 Å². The third kappa shape index (κ3) is 2.57. The van der Waals surface area contributed by atoms with E-state index >= 15 is 0 Å². The maximum absolute atomic E-state index is 11.8. The Hall–Kier alpha value is -1.59. The van der Waals surface area contributed by atoms with Gasteiger partial charge in [0.15, 0.2) is 6.61 Å². The average Bonchev–Trinajstić information content (AvgIpc) is 2.33. The van der Waals surface area contributed by atoms with Gasteiger partial charge in [-0.3, -0.25) is 4.79 Å². The number of rotatable bonds is 4. The number of nitrogens with zero attached hydrogens (tertiary/aromatic N) is 1. The molecule has 0 bridgehead atoms. The monoisotopic (exact) mass is 236 g/mol. The fourth-order valence-electron chi connectivity index (χ4n) is 1.87. The summed E-state index contributed by atoms with van der Waals surface area (Å²) in [4.78, 5) is 13.3. The Labute approximate surface area is 100.0 Å². The van der Waals surface area contributed by atoms with Gasteiger partial charge in [0.05, 0.1) is 18.3 Å². The number of benzene rings is 1. The van der Waals surface area contributed by atoms with Crippen molar-refractivity contribution in [2.45, 2.75) is 6.10 Å². The summed E-state index contributed by atoms with van der Waals surface area (Å²) in [6.07, 6.45) is -0.588. The van der Waals surface area contributed by atoms with Crippen molar-refractivity contribution in [1.29, 1.82) is 0 Å². The fraction of sp³-hybridized carbons (Fsp3) is 0.417. The molecule has 1 amide bonds. The molecular weight excluding hydrogens is 220 g/mol. The Balaban J connectivity index is 2.18. The van der Waals surface area contributed by atoms with Gasteiger partial charge in [0.2, 0.25) is 0 Å². The minimum atomic E-state index is -0.588. The van der Waals surface area contributed by atoms with Crippen molar-refractivity contribution in [2.24, 2.45) is 0 Å². The number of β-amino-alcohol motifs (C(OH)–C–C–N with tert-alkyl or cyclic N) is 1. The summed E-state index contributed by atoms with van der Waals surface area (Å²) in [5, 5.41) is 12.6. The molecule has 92 valence electrons. The zero-order chi connectivity index (χ0) is 12.3. The largest absolute Gasteiger partial charge is 0.482 e. The second-order valence-electron chi connectivity index (χ2n) is 3.97. The molecule has 0 spiro atoms. The number of ether oxygens (including phenoxy) is 1. The van der Waals surface area contributed by atoms with Gasteiger partial charge in [0.25, 0.3) is 5.91 Å². The molecule has 1 aromatic carbocycles. The first-order chi connectivity index (χ1) is 8.22. The fourth-order valence-corrected chi connectivity index (χ4v) is 1.87. The highest BCUT2D eigenvalue weighted by molar-refractivity contribution is 5.97. The van der Waals surface area contributed by atoms with Crippen LogP contribution < -0.4 is 15.0 Å². The Kier molecular flexibility index (Phi) is 3.61. The molecule has 1 atom stereocenters. The summed E-state index contributed by atoms with van der Waals surface area (Å²) in [5.74, 6) is 0.558. The number of carbonyl (C=O) groups is 1. The molecule has 1 aliphatic heterocycles. The van der Waals surface area contributed by atoms with E-state index in [-0.39, 0.29) is 19.1 Å². The molecule has 0 saturated heterocycles. The Morgan fingerprint density at radius 3 is 3.06 bits per heavy atom. The molecular formula is C12H16N2O3. The van der Waals surface area contributed by atoms with E-state index in [1.165, 1.54) is 0 Å². The lowest BCUT2D eigenvalue weighted by molar-refractivity contribution is -0.121. The van der Waals surface area contributed by atoms with E-state index in [4.69, 9.17) is 4.74 Å². The summed E-state index contributed by atoms with van der Waals surface area (Å²) in [7, 11) is 1.76. The van der Waals surface area contributed by atoms with Crippen molar-refractivity contribution in [1.82, 2.24) is 5.32 Å². The van der Waals surface area contributed by atoms with Gasteiger partial charge in [-0.05, 0) is 19.2 Å². The number of aliphatic hydroxyl groups is 1. The van der Waals surface area contributed by atoms with Gasteiger partial charge in [-0.25, -0.2) is 0 Å². The number of aliphatic hydroxyl groups excluding tert-OH is 1. The number of para-hydroxylation sites is 2. The Bertz CT molecular complexity index is 408. The number of fused-ring (bicyclic) bond motifs is 1. The van der Waals surface area contributed by atoms with E-state index in [1.807, 2.05) is 24.3 Å². The van der Waals surface area contributed by atoms with Crippen LogP contribution in [0.5, 0.6) is 5.75 Å². The van der Waals surface area contributed by atoms with E-state index in [0.717, 1.165) is 5.69 Å². The van der Waals surface area contributed by atoms with Crippen molar-refractivity contribution >= 4 is 11.6 Å². The van der Waals surface area contributed by atoms with Crippen molar-refractivity contribution in [3.8, 4) is 5.75 Å². The molecule has 5 heteroatoms. The molecule has 0 aromatic heterocycles. The summed E-state index contributed by atoms with van der Waals surface area (Å²) >= 11 is 0.